The van der Waals surface area contributed by atoms with Gasteiger partial charge < -0.3 is 4.90 Å². The van der Waals surface area contributed by atoms with Gasteiger partial charge in [-0.05, 0) is 87.3 Å². The lowest BCUT2D eigenvalue weighted by molar-refractivity contribution is 0.419. The average molecular weight is 591 g/mol. The minimum absolute atomic E-state index is 0.101. The normalized spacial score (nSPS) is 13.8. The molecule has 3 nitrogen and oxygen atoms in total. The predicted molar refractivity (Wildman–Crippen MR) is 191 cm³/mol. The first-order valence-electron chi connectivity index (χ1n) is 16.1. The molecule has 0 spiro atoms. The summed E-state index contributed by atoms with van der Waals surface area (Å²) >= 11 is 0. The van der Waals surface area contributed by atoms with Crippen molar-refractivity contribution in [3.8, 4) is 0 Å². The first kappa shape index (κ1) is 38.0. The number of hydrogen-bond acceptors (Lipinski definition) is 2. The van der Waals surface area contributed by atoms with Gasteiger partial charge in [-0.1, -0.05) is 91.3 Å². The van der Waals surface area contributed by atoms with Crippen molar-refractivity contribution in [2.45, 2.75) is 113 Å². The minimum Gasteiger partial charge on any atom is -0.372 e. The Morgan fingerprint density at radius 1 is 1.05 bits per heavy atom. The molecule has 0 amide bonds. The number of aliphatic imine (C=N–C) groups is 1. The Labute approximate surface area is 264 Å². The highest BCUT2D eigenvalue weighted by atomic mass is 19.1. The van der Waals surface area contributed by atoms with Crippen molar-refractivity contribution in [3.05, 3.63) is 101 Å². The van der Waals surface area contributed by atoms with Crippen LogP contribution in [0.2, 0.25) is 0 Å². The van der Waals surface area contributed by atoms with Crippen molar-refractivity contribution >= 4 is 11.4 Å². The Morgan fingerprint density at radius 2 is 1.65 bits per heavy atom. The molecule has 0 radical (unpaired) electrons. The molecule has 238 valence electrons. The van der Waals surface area contributed by atoms with Crippen LogP contribution >= 0.6 is 0 Å². The monoisotopic (exact) mass is 590 g/mol. The third kappa shape index (κ3) is 10.6. The lowest BCUT2D eigenvalue weighted by Gasteiger charge is -2.29. The molecule has 3 rings (SSSR count). The Bertz CT molecular complexity index is 1290. The number of aryl methyl sites for hydroxylation is 3. The summed E-state index contributed by atoms with van der Waals surface area (Å²) in [6.45, 7) is 29.3. The van der Waals surface area contributed by atoms with E-state index in [0.717, 1.165) is 53.2 Å². The fourth-order valence-corrected chi connectivity index (χ4v) is 5.01. The quantitative estimate of drug-likeness (QED) is 0.153. The number of likely N-dealkylation sites (N-methyl/N-ethyl adjacent to an activating group) is 1. The van der Waals surface area contributed by atoms with Gasteiger partial charge in [0.1, 0.15) is 11.5 Å². The summed E-state index contributed by atoms with van der Waals surface area (Å²) < 4.78 is 13.8. The molecule has 0 N–H and O–H groups in total. The number of quaternary nitrogens is 1. The second kappa shape index (κ2) is 16.8. The van der Waals surface area contributed by atoms with Crippen molar-refractivity contribution in [2.75, 3.05) is 21.1 Å². The molecule has 1 saturated carbocycles. The third-order valence-corrected chi connectivity index (χ3v) is 8.12. The van der Waals surface area contributed by atoms with Gasteiger partial charge in [0, 0.05) is 30.4 Å². The van der Waals surface area contributed by atoms with Crippen LogP contribution in [0.4, 0.5) is 10.1 Å². The highest BCUT2D eigenvalue weighted by Crippen LogP contribution is 2.32. The summed E-state index contributed by atoms with van der Waals surface area (Å²) in [5.41, 5.74) is 9.04. The van der Waals surface area contributed by atoms with Gasteiger partial charge in [0.25, 0.3) is 0 Å². The van der Waals surface area contributed by atoms with Crippen molar-refractivity contribution in [1.82, 2.24) is 9.38 Å². The molecule has 1 fully saturated rings. The topological polar surface area (TPSA) is 15.6 Å². The number of rotatable bonds is 10. The number of hydrogen-bond donors (Lipinski definition) is 0. The van der Waals surface area contributed by atoms with Gasteiger partial charge >= 0.3 is 0 Å². The van der Waals surface area contributed by atoms with Crippen LogP contribution in [0.15, 0.2) is 77.7 Å². The molecule has 1 aliphatic rings. The maximum atomic E-state index is 13.3. The number of benzene rings is 2. The Morgan fingerprint density at radius 3 is 2.12 bits per heavy atom. The Balaban J connectivity index is 0.000000549. The van der Waals surface area contributed by atoms with E-state index in [1.807, 2.05) is 47.6 Å². The lowest BCUT2D eigenvalue weighted by Crippen LogP contribution is -2.38. The first-order valence-corrected chi connectivity index (χ1v) is 16.1. The number of nitrogens with zero attached hydrogens (tertiary/aromatic N) is 3. The summed E-state index contributed by atoms with van der Waals surface area (Å²) in [7, 11) is 6.46. The fourth-order valence-electron chi connectivity index (χ4n) is 5.01. The summed E-state index contributed by atoms with van der Waals surface area (Å²) in [6.07, 6.45) is 7.97. The molecule has 0 atom stereocenters. The van der Waals surface area contributed by atoms with Crippen LogP contribution in [0.3, 0.4) is 0 Å². The van der Waals surface area contributed by atoms with Crippen molar-refractivity contribution in [3.63, 3.8) is 0 Å². The summed E-state index contributed by atoms with van der Waals surface area (Å²) in [6, 6.07) is 12.7. The van der Waals surface area contributed by atoms with Gasteiger partial charge in [-0.3, -0.25) is 0 Å². The van der Waals surface area contributed by atoms with Crippen LogP contribution in [-0.2, 0) is 18.3 Å². The van der Waals surface area contributed by atoms with Gasteiger partial charge in [-0.15, -0.1) is 0 Å². The highest BCUT2D eigenvalue weighted by Gasteiger charge is 2.29. The summed E-state index contributed by atoms with van der Waals surface area (Å²) in [5.74, 6) is 0.725. The molecule has 1 aliphatic carbocycles. The molecular weight excluding hydrogens is 529 g/mol. The molecule has 4 heteroatoms. The van der Waals surface area contributed by atoms with Gasteiger partial charge in [0.2, 0.25) is 5.82 Å². The zero-order chi connectivity index (χ0) is 33.1. The van der Waals surface area contributed by atoms with Gasteiger partial charge in [0.15, 0.2) is 0 Å². The molecule has 43 heavy (non-hydrogen) atoms. The molecule has 0 aliphatic heterocycles. The molecule has 0 aromatic heterocycles. The maximum absolute atomic E-state index is 13.3. The second-order valence-electron chi connectivity index (χ2n) is 12.8. The van der Waals surface area contributed by atoms with E-state index in [-0.39, 0.29) is 11.2 Å². The summed E-state index contributed by atoms with van der Waals surface area (Å²) in [4.78, 5) is 7.23. The van der Waals surface area contributed by atoms with E-state index in [2.05, 4.69) is 91.2 Å². The Kier molecular flexibility index (Phi) is 14.8. The van der Waals surface area contributed by atoms with E-state index in [1.165, 1.54) is 35.7 Å². The van der Waals surface area contributed by atoms with Crippen LogP contribution in [0.25, 0.3) is 0 Å². The lowest BCUT2D eigenvalue weighted by atomic mass is 9.86. The largest absolute Gasteiger partial charge is 0.372 e. The van der Waals surface area contributed by atoms with E-state index in [1.54, 1.807) is 6.07 Å². The van der Waals surface area contributed by atoms with Crippen LogP contribution < -0.4 is 4.48 Å². The van der Waals surface area contributed by atoms with E-state index in [0.29, 0.717) is 10.5 Å². The van der Waals surface area contributed by atoms with Gasteiger partial charge in [-0.25, -0.2) is 13.9 Å². The van der Waals surface area contributed by atoms with Crippen molar-refractivity contribution < 1.29 is 4.39 Å². The maximum Gasteiger partial charge on any atom is 0.225 e. The average Bonchev–Trinajstić information content (AvgIpc) is 3.81. The number of allylic oxidation sites excluding steroid dienone is 2. The molecule has 2 aromatic carbocycles. The first-order chi connectivity index (χ1) is 20.1. The molecule has 0 unspecified atom stereocenters. The van der Waals surface area contributed by atoms with Crippen molar-refractivity contribution in [1.29, 1.82) is 0 Å². The second-order valence-corrected chi connectivity index (χ2v) is 12.8. The van der Waals surface area contributed by atoms with Crippen LogP contribution in [0, 0.1) is 12.7 Å². The zero-order valence-electron chi connectivity index (χ0n) is 29.8. The van der Waals surface area contributed by atoms with Gasteiger partial charge in [0.05, 0.1) is 19.8 Å². The van der Waals surface area contributed by atoms with Crippen LogP contribution in [-0.4, -0.2) is 37.8 Å². The Hall–Kier alpha value is -2.98. The molecule has 2 aromatic rings. The van der Waals surface area contributed by atoms with E-state index in [9.17, 15) is 4.39 Å². The minimum atomic E-state index is -0.104. The van der Waals surface area contributed by atoms with Gasteiger partial charge in [-0.2, -0.15) is 0 Å². The van der Waals surface area contributed by atoms with Crippen LogP contribution in [0.1, 0.15) is 104 Å². The van der Waals surface area contributed by atoms with E-state index in [4.69, 9.17) is 4.99 Å². The standard InChI is InChI=1S/C26H40N3.C11H15F.C2H6/c1-10-13-23-18-25(17-14-22(23)11-2)29(8,9)21(6)27-19(4)26(12-3)20(5)28(7)24-15-16-24;1-8-5-6-10(12)9(7-8)11(2,3)4;1-2/h12,14,17-18,24H,5-6,10-11,13,15-16H2,1-4,7-9H3;5-7H,1-4H3;1-2H3/q+1;;/b26-12+,27-19-;;. The number of halogens is 1. The highest BCUT2D eigenvalue weighted by molar-refractivity contribution is 6.02. The SMILES string of the molecule is C=C(C(=C/C)/C(C)=N\C(=C)[N+](C)(C)c1ccc(CC)c(CCC)c1)N(C)C1CC1.CC.Cc1ccc(F)c(C(C)(C)C)c1. The smallest absolute Gasteiger partial charge is 0.225 e. The van der Waals surface area contributed by atoms with Crippen molar-refractivity contribution in [2.24, 2.45) is 4.99 Å². The molecule has 0 saturated heterocycles. The summed E-state index contributed by atoms with van der Waals surface area (Å²) in [5, 5.41) is 0. The molecule has 0 heterocycles. The van der Waals surface area contributed by atoms with E-state index >= 15 is 0 Å². The fraction of sp³-hybridized carbons (Fsp3) is 0.513. The van der Waals surface area contributed by atoms with Crippen LogP contribution in [0.5, 0.6) is 0 Å². The predicted octanol–water partition coefficient (Wildman–Crippen LogP) is 10.7. The van der Waals surface area contributed by atoms with E-state index < -0.39 is 0 Å². The third-order valence-electron chi connectivity index (χ3n) is 8.12. The molecule has 0 bridgehead atoms. The zero-order valence-corrected chi connectivity index (χ0v) is 29.8. The molecular formula is C39H61FN3+.